The zero-order valence-electron chi connectivity index (χ0n) is 9.67. The van der Waals surface area contributed by atoms with Crippen molar-refractivity contribution in [3.05, 3.63) is 10.6 Å². The topological polar surface area (TPSA) is 51.2 Å². The van der Waals surface area contributed by atoms with Crippen molar-refractivity contribution in [1.29, 1.82) is 0 Å². The maximum atomic E-state index is 11.6. The third-order valence-electron chi connectivity index (χ3n) is 2.30. The summed E-state index contributed by atoms with van der Waals surface area (Å²) in [5.41, 5.74) is 0.0912. The summed E-state index contributed by atoms with van der Waals surface area (Å²) in [6, 6.07) is 0. The lowest BCUT2D eigenvalue weighted by Gasteiger charge is -2.19. The van der Waals surface area contributed by atoms with Crippen molar-refractivity contribution in [1.82, 2.24) is 4.98 Å². The Labute approximate surface area is 93.7 Å². The second kappa shape index (κ2) is 4.18. The predicted molar refractivity (Wildman–Crippen MR) is 61.4 cm³/mol. The van der Waals surface area contributed by atoms with E-state index in [1.54, 1.807) is 0 Å². The first-order chi connectivity index (χ1) is 6.93. The zero-order valence-corrected chi connectivity index (χ0v) is 10.5. The van der Waals surface area contributed by atoms with Gasteiger partial charge in [0.25, 0.3) is 0 Å². The fraction of sp³-hybridized carbons (Fsp3) is 0.600. The fourth-order valence-corrected chi connectivity index (χ4v) is 2.36. The van der Waals surface area contributed by atoms with E-state index in [9.17, 15) is 4.79 Å². The summed E-state index contributed by atoms with van der Waals surface area (Å²) >= 11 is 1.54. The molecule has 0 saturated carbocycles. The first kappa shape index (κ1) is 12.0. The van der Waals surface area contributed by atoms with Gasteiger partial charge in [-0.1, -0.05) is 0 Å². The molecule has 1 heterocycles. The van der Waals surface area contributed by atoms with Gasteiger partial charge in [0.15, 0.2) is 5.13 Å². The molecule has 5 heteroatoms. The summed E-state index contributed by atoms with van der Waals surface area (Å²) in [7, 11) is 3.21. The van der Waals surface area contributed by atoms with Crippen LogP contribution in [0.3, 0.4) is 0 Å². The van der Waals surface area contributed by atoms with Crippen LogP contribution in [0.5, 0.6) is 0 Å². The fourth-order valence-electron chi connectivity index (χ4n) is 1.44. The van der Waals surface area contributed by atoms with Gasteiger partial charge in [0.1, 0.15) is 5.41 Å². The Bertz CT molecular complexity index is 371. The van der Waals surface area contributed by atoms with Gasteiger partial charge in [-0.05, 0) is 20.8 Å². The summed E-state index contributed by atoms with van der Waals surface area (Å²) in [5, 5.41) is 3.79. The molecule has 1 aromatic heterocycles. The molecule has 0 radical (unpaired) electrons. The van der Waals surface area contributed by atoms with Crippen LogP contribution in [-0.4, -0.2) is 25.1 Å². The molecule has 0 aliphatic heterocycles. The van der Waals surface area contributed by atoms with Crippen LogP contribution in [0, 0.1) is 6.92 Å². The lowest BCUT2D eigenvalue weighted by atomic mass is 9.89. The monoisotopic (exact) mass is 228 g/mol. The number of aromatic nitrogens is 1. The molecule has 0 spiro atoms. The van der Waals surface area contributed by atoms with E-state index in [2.05, 4.69) is 10.3 Å². The van der Waals surface area contributed by atoms with E-state index >= 15 is 0 Å². The van der Waals surface area contributed by atoms with Gasteiger partial charge < -0.3 is 10.1 Å². The number of hydrogen-bond acceptors (Lipinski definition) is 5. The van der Waals surface area contributed by atoms with Crippen molar-refractivity contribution < 1.29 is 9.53 Å². The van der Waals surface area contributed by atoms with Gasteiger partial charge in [-0.2, -0.15) is 0 Å². The minimum absolute atomic E-state index is 0.265. The van der Waals surface area contributed by atoms with E-state index in [4.69, 9.17) is 4.74 Å². The average Bonchev–Trinajstić information content (AvgIpc) is 2.58. The zero-order chi connectivity index (χ0) is 11.6. The maximum absolute atomic E-state index is 11.6. The van der Waals surface area contributed by atoms with Gasteiger partial charge in [-0.25, -0.2) is 4.98 Å². The van der Waals surface area contributed by atoms with Gasteiger partial charge in [0.05, 0.1) is 12.8 Å². The van der Waals surface area contributed by atoms with Crippen molar-refractivity contribution in [3.8, 4) is 0 Å². The summed E-state index contributed by atoms with van der Waals surface area (Å²) in [5.74, 6) is -0.265. The molecule has 0 amide bonds. The van der Waals surface area contributed by atoms with Crippen molar-refractivity contribution in [2.45, 2.75) is 26.2 Å². The molecule has 15 heavy (non-hydrogen) atoms. The molecule has 0 aromatic carbocycles. The van der Waals surface area contributed by atoms with Crippen LogP contribution in [0.4, 0.5) is 5.13 Å². The number of carbonyl (C=O) groups is 1. The van der Waals surface area contributed by atoms with Crippen LogP contribution >= 0.6 is 11.3 Å². The summed E-state index contributed by atoms with van der Waals surface area (Å²) in [6.07, 6.45) is 0. The number of rotatable bonds is 3. The van der Waals surface area contributed by atoms with E-state index < -0.39 is 5.41 Å². The number of ether oxygens (including phenoxy) is 1. The van der Waals surface area contributed by atoms with Crippen molar-refractivity contribution in [2.24, 2.45) is 0 Å². The Morgan fingerprint density at radius 3 is 2.53 bits per heavy atom. The SMILES string of the molecule is CNc1nc(C(C)(C)C(=O)OC)c(C)s1. The number of esters is 1. The largest absolute Gasteiger partial charge is 0.468 e. The highest BCUT2D eigenvalue weighted by molar-refractivity contribution is 7.15. The van der Waals surface area contributed by atoms with E-state index in [1.807, 2.05) is 27.8 Å². The quantitative estimate of drug-likeness (QED) is 0.803. The molecule has 4 nitrogen and oxygen atoms in total. The van der Waals surface area contributed by atoms with Crippen LogP contribution in [0.25, 0.3) is 0 Å². The highest BCUT2D eigenvalue weighted by atomic mass is 32.1. The molecule has 0 bridgehead atoms. The number of methoxy groups -OCH3 is 1. The lowest BCUT2D eigenvalue weighted by Crippen LogP contribution is -2.31. The second-order valence-electron chi connectivity index (χ2n) is 3.79. The number of thiazole rings is 1. The average molecular weight is 228 g/mol. The molecule has 0 fully saturated rings. The summed E-state index contributed by atoms with van der Waals surface area (Å²) in [6.45, 7) is 5.60. The smallest absolute Gasteiger partial charge is 0.317 e. The summed E-state index contributed by atoms with van der Waals surface area (Å²) < 4.78 is 4.77. The van der Waals surface area contributed by atoms with Gasteiger partial charge in [-0.3, -0.25) is 4.79 Å². The first-order valence-electron chi connectivity index (χ1n) is 4.67. The Kier molecular flexibility index (Phi) is 3.34. The molecule has 0 atom stereocenters. The standard InChI is InChI=1S/C10H16N2O2S/c1-6-7(12-9(11-4)15-6)10(2,3)8(13)14-5/h1-5H3,(H,11,12). The van der Waals surface area contributed by atoms with Crippen LogP contribution < -0.4 is 5.32 Å². The van der Waals surface area contributed by atoms with E-state index in [-0.39, 0.29) is 5.97 Å². The molecule has 84 valence electrons. The summed E-state index contributed by atoms with van der Waals surface area (Å²) in [4.78, 5) is 17.0. The van der Waals surface area contributed by atoms with Gasteiger partial charge in [0.2, 0.25) is 0 Å². The number of nitrogens with zero attached hydrogens (tertiary/aromatic N) is 1. The molecule has 0 aliphatic rings. The van der Waals surface area contributed by atoms with Crippen molar-refractivity contribution in [3.63, 3.8) is 0 Å². The number of anilines is 1. The second-order valence-corrected chi connectivity index (χ2v) is 4.99. The molecule has 0 unspecified atom stereocenters. The Morgan fingerprint density at radius 2 is 2.13 bits per heavy atom. The van der Waals surface area contributed by atoms with E-state index in [0.29, 0.717) is 0 Å². The molecular weight excluding hydrogens is 212 g/mol. The highest BCUT2D eigenvalue weighted by Gasteiger charge is 2.35. The molecular formula is C10H16N2O2S. The molecule has 0 aliphatic carbocycles. The lowest BCUT2D eigenvalue weighted by molar-refractivity contribution is -0.146. The van der Waals surface area contributed by atoms with Gasteiger partial charge >= 0.3 is 5.97 Å². The van der Waals surface area contributed by atoms with E-state index in [0.717, 1.165) is 15.7 Å². The Balaban J connectivity index is 3.14. The molecule has 1 rings (SSSR count). The molecule has 1 N–H and O–H groups in total. The van der Waals surface area contributed by atoms with Gasteiger partial charge in [0, 0.05) is 11.9 Å². The maximum Gasteiger partial charge on any atom is 0.317 e. The van der Waals surface area contributed by atoms with Crippen molar-refractivity contribution >= 4 is 22.4 Å². The minimum Gasteiger partial charge on any atom is -0.468 e. The first-order valence-corrected chi connectivity index (χ1v) is 5.49. The van der Waals surface area contributed by atoms with Crippen LogP contribution in [0.1, 0.15) is 24.4 Å². The molecule has 1 aromatic rings. The highest BCUT2D eigenvalue weighted by Crippen LogP contribution is 2.32. The Hall–Kier alpha value is -1.10. The van der Waals surface area contributed by atoms with Gasteiger partial charge in [-0.15, -0.1) is 11.3 Å². The van der Waals surface area contributed by atoms with Crippen LogP contribution in [0.2, 0.25) is 0 Å². The third kappa shape index (κ3) is 2.12. The van der Waals surface area contributed by atoms with Crippen LogP contribution in [0.15, 0.2) is 0 Å². The number of carbonyl (C=O) groups excluding carboxylic acids is 1. The Morgan fingerprint density at radius 1 is 1.53 bits per heavy atom. The molecule has 0 saturated heterocycles. The van der Waals surface area contributed by atoms with E-state index in [1.165, 1.54) is 18.4 Å². The predicted octanol–water partition coefficient (Wildman–Crippen LogP) is 1.94. The number of nitrogens with one attached hydrogen (secondary N) is 1. The number of aryl methyl sites for hydroxylation is 1. The number of hydrogen-bond donors (Lipinski definition) is 1. The third-order valence-corrected chi connectivity index (χ3v) is 3.29. The normalized spacial score (nSPS) is 11.3. The minimum atomic E-state index is -0.690. The van der Waals surface area contributed by atoms with Crippen LogP contribution in [-0.2, 0) is 14.9 Å². The van der Waals surface area contributed by atoms with Crippen molar-refractivity contribution in [2.75, 3.05) is 19.5 Å².